The second-order valence-electron chi connectivity index (χ2n) is 5.30. The van der Waals surface area contributed by atoms with Crippen molar-refractivity contribution in [3.05, 3.63) is 17.6 Å². The van der Waals surface area contributed by atoms with E-state index >= 15 is 0 Å². The summed E-state index contributed by atoms with van der Waals surface area (Å²) in [6, 6.07) is 1.25. The number of hydrogen-bond acceptors (Lipinski definition) is 4. The van der Waals surface area contributed by atoms with E-state index in [1.165, 1.54) is 6.42 Å². The van der Waals surface area contributed by atoms with E-state index in [1.54, 1.807) is 6.07 Å². The molecular weight excluding hydrogens is 242 g/mol. The average Bonchev–Trinajstić information content (AvgIpc) is 2.35. The summed E-state index contributed by atoms with van der Waals surface area (Å²) in [6.07, 6.45) is 5.42. The van der Waals surface area contributed by atoms with Gasteiger partial charge in [-0.1, -0.05) is 19.3 Å². The Kier molecular flexibility index (Phi) is 4.35. The average molecular weight is 263 g/mol. The molecule has 1 saturated carbocycles. The Morgan fingerprint density at radius 1 is 1.32 bits per heavy atom. The van der Waals surface area contributed by atoms with Crippen LogP contribution in [0.1, 0.15) is 43.6 Å². The molecule has 0 bridgehead atoms. The minimum atomic E-state index is -0.791. The fourth-order valence-electron chi connectivity index (χ4n) is 2.80. The predicted octanol–water partition coefficient (Wildman–Crippen LogP) is 2.54. The van der Waals surface area contributed by atoms with E-state index in [0.717, 1.165) is 31.4 Å². The normalized spacial score (nSPS) is 18.0. The molecule has 0 aliphatic heterocycles. The van der Waals surface area contributed by atoms with Crippen molar-refractivity contribution in [2.45, 2.75) is 52.0 Å². The Balaban J connectivity index is 2.13. The number of nitrogens with one attached hydrogen (secondary N) is 1. The molecule has 1 atom stereocenters. The molecule has 1 fully saturated rings. The smallest absolute Gasteiger partial charge is 0.326 e. The van der Waals surface area contributed by atoms with E-state index in [2.05, 4.69) is 15.3 Å². The lowest BCUT2D eigenvalue weighted by atomic mass is 9.84. The van der Waals surface area contributed by atoms with Gasteiger partial charge in [0.15, 0.2) is 0 Å². The van der Waals surface area contributed by atoms with Gasteiger partial charge >= 0.3 is 5.97 Å². The molecule has 0 radical (unpaired) electrons. The number of aromatic nitrogens is 2. The number of carboxylic acids is 1. The van der Waals surface area contributed by atoms with Gasteiger partial charge in [-0.15, -0.1) is 0 Å². The Morgan fingerprint density at radius 3 is 2.58 bits per heavy atom. The first-order chi connectivity index (χ1) is 9.06. The van der Waals surface area contributed by atoms with Crippen molar-refractivity contribution in [2.75, 3.05) is 5.32 Å². The van der Waals surface area contributed by atoms with Crippen LogP contribution in [0.2, 0.25) is 0 Å². The van der Waals surface area contributed by atoms with E-state index in [1.807, 2.05) is 13.8 Å². The van der Waals surface area contributed by atoms with Crippen LogP contribution < -0.4 is 5.32 Å². The maximum Gasteiger partial charge on any atom is 0.326 e. The summed E-state index contributed by atoms with van der Waals surface area (Å²) >= 11 is 0. The van der Waals surface area contributed by atoms with E-state index in [4.69, 9.17) is 0 Å². The molecule has 1 aliphatic rings. The Morgan fingerprint density at radius 2 is 2.00 bits per heavy atom. The van der Waals surface area contributed by atoms with E-state index in [9.17, 15) is 9.90 Å². The molecule has 0 saturated heterocycles. The Hall–Kier alpha value is -1.65. The molecule has 1 aromatic rings. The highest BCUT2D eigenvalue weighted by Crippen LogP contribution is 2.28. The Labute approximate surface area is 113 Å². The lowest BCUT2D eigenvalue weighted by molar-refractivity contribution is -0.139. The molecular formula is C14H21N3O2. The molecule has 0 aromatic carbocycles. The van der Waals surface area contributed by atoms with Crippen LogP contribution in [-0.2, 0) is 4.79 Å². The van der Waals surface area contributed by atoms with Crippen molar-refractivity contribution in [3.63, 3.8) is 0 Å². The molecule has 0 amide bonds. The quantitative estimate of drug-likeness (QED) is 0.873. The van der Waals surface area contributed by atoms with Crippen molar-refractivity contribution < 1.29 is 9.90 Å². The molecule has 1 heterocycles. The standard InChI is InChI=1S/C14H21N3O2/c1-9-8-12(16-10(2)15-9)17-13(14(18)19)11-6-4-3-5-7-11/h8,11,13H,3-7H2,1-2H3,(H,18,19)(H,15,16,17). The van der Waals surface area contributed by atoms with Crippen LogP contribution in [0.25, 0.3) is 0 Å². The van der Waals surface area contributed by atoms with Gasteiger partial charge in [-0.2, -0.15) is 0 Å². The SMILES string of the molecule is Cc1cc(NC(C(=O)O)C2CCCCC2)nc(C)n1. The number of rotatable bonds is 4. The van der Waals surface area contributed by atoms with Crippen molar-refractivity contribution in [1.29, 1.82) is 0 Å². The van der Waals surface area contributed by atoms with E-state index in [0.29, 0.717) is 11.6 Å². The number of aryl methyl sites for hydroxylation is 2. The number of hydrogen-bond donors (Lipinski definition) is 2. The van der Waals surface area contributed by atoms with Gasteiger partial charge in [0.2, 0.25) is 0 Å². The van der Waals surface area contributed by atoms with Crippen molar-refractivity contribution in [1.82, 2.24) is 9.97 Å². The highest BCUT2D eigenvalue weighted by atomic mass is 16.4. The zero-order chi connectivity index (χ0) is 13.8. The van der Waals surface area contributed by atoms with Gasteiger partial charge in [0, 0.05) is 11.8 Å². The van der Waals surface area contributed by atoms with Crippen LogP contribution in [0.5, 0.6) is 0 Å². The molecule has 19 heavy (non-hydrogen) atoms. The first-order valence-electron chi connectivity index (χ1n) is 6.88. The summed E-state index contributed by atoms with van der Waals surface area (Å²) in [5.41, 5.74) is 0.850. The summed E-state index contributed by atoms with van der Waals surface area (Å²) in [7, 11) is 0. The van der Waals surface area contributed by atoms with Crippen LogP contribution in [-0.4, -0.2) is 27.1 Å². The van der Waals surface area contributed by atoms with Crippen molar-refractivity contribution in [3.8, 4) is 0 Å². The van der Waals surface area contributed by atoms with Gasteiger partial charge in [0.1, 0.15) is 17.7 Å². The summed E-state index contributed by atoms with van der Waals surface area (Å²) in [5.74, 6) is 0.681. The fraction of sp³-hybridized carbons (Fsp3) is 0.643. The number of carbonyl (C=O) groups is 1. The molecule has 0 spiro atoms. The highest BCUT2D eigenvalue weighted by molar-refractivity contribution is 5.77. The molecule has 2 N–H and O–H groups in total. The lowest BCUT2D eigenvalue weighted by Gasteiger charge is -2.28. The van der Waals surface area contributed by atoms with Gasteiger partial charge in [-0.3, -0.25) is 0 Å². The Bertz CT molecular complexity index is 436. The van der Waals surface area contributed by atoms with Gasteiger partial charge in [0.25, 0.3) is 0 Å². The molecule has 104 valence electrons. The summed E-state index contributed by atoms with van der Waals surface area (Å²) < 4.78 is 0. The second kappa shape index (κ2) is 5.99. The largest absolute Gasteiger partial charge is 0.480 e. The number of aliphatic carboxylic acids is 1. The molecule has 5 heteroatoms. The fourth-order valence-corrected chi connectivity index (χ4v) is 2.80. The van der Waals surface area contributed by atoms with Gasteiger partial charge in [-0.25, -0.2) is 14.8 Å². The zero-order valence-corrected chi connectivity index (χ0v) is 11.5. The number of carboxylic acid groups (broad SMARTS) is 1. The zero-order valence-electron chi connectivity index (χ0n) is 11.5. The van der Waals surface area contributed by atoms with Gasteiger partial charge in [-0.05, 0) is 32.6 Å². The molecule has 1 aromatic heterocycles. The number of nitrogens with zero attached hydrogens (tertiary/aromatic N) is 2. The molecule has 1 unspecified atom stereocenters. The van der Waals surface area contributed by atoms with Crippen LogP contribution >= 0.6 is 0 Å². The minimum absolute atomic E-state index is 0.196. The van der Waals surface area contributed by atoms with Crippen molar-refractivity contribution in [2.24, 2.45) is 5.92 Å². The van der Waals surface area contributed by atoms with Crippen molar-refractivity contribution >= 4 is 11.8 Å². The maximum absolute atomic E-state index is 11.5. The number of anilines is 1. The third kappa shape index (κ3) is 3.66. The van der Waals surface area contributed by atoms with E-state index in [-0.39, 0.29) is 5.92 Å². The monoisotopic (exact) mass is 263 g/mol. The van der Waals surface area contributed by atoms with Gasteiger partial charge < -0.3 is 10.4 Å². The summed E-state index contributed by atoms with van der Waals surface area (Å²) in [6.45, 7) is 3.70. The van der Waals surface area contributed by atoms with Crippen LogP contribution in [0.4, 0.5) is 5.82 Å². The summed E-state index contributed by atoms with van der Waals surface area (Å²) in [4.78, 5) is 19.9. The molecule has 1 aliphatic carbocycles. The summed E-state index contributed by atoms with van der Waals surface area (Å²) in [5, 5.41) is 12.5. The van der Waals surface area contributed by atoms with Gasteiger partial charge in [0.05, 0.1) is 0 Å². The third-order valence-electron chi connectivity index (χ3n) is 3.66. The second-order valence-corrected chi connectivity index (χ2v) is 5.30. The predicted molar refractivity (Wildman–Crippen MR) is 73.1 cm³/mol. The van der Waals surface area contributed by atoms with Crippen LogP contribution in [0.15, 0.2) is 6.07 Å². The minimum Gasteiger partial charge on any atom is -0.480 e. The van der Waals surface area contributed by atoms with Crippen LogP contribution in [0, 0.1) is 19.8 Å². The van der Waals surface area contributed by atoms with E-state index < -0.39 is 12.0 Å². The first-order valence-corrected chi connectivity index (χ1v) is 6.88. The lowest BCUT2D eigenvalue weighted by Crippen LogP contribution is -2.38. The maximum atomic E-state index is 11.5. The topological polar surface area (TPSA) is 75.1 Å². The highest BCUT2D eigenvalue weighted by Gasteiger charge is 2.29. The first kappa shape index (κ1) is 13.8. The molecule has 5 nitrogen and oxygen atoms in total. The van der Waals surface area contributed by atoms with Crippen LogP contribution in [0.3, 0.4) is 0 Å². The molecule has 2 rings (SSSR count). The third-order valence-corrected chi connectivity index (χ3v) is 3.66.